The third-order valence-electron chi connectivity index (χ3n) is 3.32. The Morgan fingerprint density at radius 2 is 1.96 bits per heavy atom. The molecule has 7 heteroatoms. The van der Waals surface area contributed by atoms with Crippen LogP contribution in [0.5, 0.6) is 5.75 Å². The van der Waals surface area contributed by atoms with Gasteiger partial charge in [0.2, 0.25) is 5.91 Å². The Bertz CT molecular complexity index is 725. The van der Waals surface area contributed by atoms with Crippen LogP contribution < -0.4 is 10.1 Å². The van der Waals surface area contributed by atoms with Gasteiger partial charge in [-0.25, -0.2) is 9.78 Å². The van der Waals surface area contributed by atoms with E-state index in [-0.39, 0.29) is 18.5 Å². The van der Waals surface area contributed by atoms with Gasteiger partial charge in [0.25, 0.3) is 0 Å². The third-order valence-corrected chi connectivity index (χ3v) is 4.51. The molecule has 0 atom stereocenters. The molecule has 0 aliphatic carbocycles. The monoisotopic (exact) mass is 362 g/mol. The number of thiazole rings is 1. The maximum atomic E-state index is 12.2. The van der Waals surface area contributed by atoms with Crippen molar-refractivity contribution in [2.24, 2.45) is 0 Å². The smallest absolute Gasteiger partial charge is 0.350 e. The summed E-state index contributed by atoms with van der Waals surface area (Å²) in [5.74, 6) is 0.331. The first-order valence-corrected chi connectivity index (χ1v) is 8.95. The van der Waals surface area contributed by atoms with E-state index in [4.69, 9.17) is 9.47 Å². The van der Waals surface area contributed by atoms with E-state index < -0.39 is 0 Å². The fourth-order valence-electron chi connectivity index (χ4n) is 2.14. The first-order chi connectivity index (χ1) is 12.0. The second kappa shape index (κ2) is 9.17. The Morgan fingerprint density at radius 1 is 1.24 bits per heavy atom. The molecule has 0 fully saturated rings. The zero-order chi connectivity index (χ0) is 18.2. The van der Waals surface area contributed by atoms with Crippen molar-refractivity contribution in [2.45, 2.75) is 27.2 Å². The quantitative estimate of drug-likeness (QED) is 0.576. The van der Waals surface area contributed by atoms with E-state index in [1.54, 1.807) is 6.92 Å². The van der Waals surface area contributed by atoms with Gasteiger partial charge in [-0.2, -0.15) is 0 Å². The Kier molecular flexibility index (Phi) is 6.94. The van der Waals surface area contributed by atoms with Gasteiger partial charge < -0.3 is 14.8 Å². The van der Waals surface area contributed by atoms with Gasteiger partial charge in [0, 0.05) is 19.0 Å². The average Bonchev–Trinajstić information content (AvgIpc) is 2.97. The van der Waals surface area contributed by atoms with Crippen molar-refractivity contribution in [2.75, 3.05) is 19.8 Å². The van der Waals surface area contributed by atoms with Crippen molar-refractivity contribution in [1.82, 2.24) is 10.3 Å². The Labute approximate surface area is 151 Å². The minimum absolute atomic E-state index is 0.0929. The number of rotatable bonds is 8. The first kappa shape index (κ1) is 18.9. The molecule has 134 valence electrons. The molecule has 0 saturated heterocycles. The van der Waals surface area contributed by atoms with Gasteiger partial charge in [-0.05, 0) is 44.5 Å². The van der Waals surface area contributed by atoms with E-state index in [0.29, 0.717) is 30.1 Å². The number of nitrogens with one attached hydrogen (secondary N) is 1. The highest BCUT2D eigenvalue weighted by molar-refractivity contribution is 7.17. The molecular weight excluding hydrogens is 340 g/mol. The van der Waals surface area contributed by atoms with E-state index in [1.165, 1.54) is 18.3 Å². The van der Waals surface area contributed by atoms with Crippen LogP contribution in [0.3, 0.4) is 0 Å². The van der Waals surface area contributed by atoms with E-state index >= 15 is 0 Å². The van der Waals surface area contributed by atoms with Crippen molar-refractivity contribution in [3.05, 3.63) is 34.8 Å². The predicted molar refractivity (Wildman–Crippen MR) is 97.0 cm³/mol. The van der Waals surface area contributed by atoms with Crippen LogP contribution in [0.4, 0.5) is 0 Å². The largest absolute Gasteiger partial charge is 0.494 e. The molecule has 0 bridgehead atoms. The van der Waals surface area contributed by atoms with E-state index in [9.17, 15) is 9.59 Å². The summed E-state index contributed by atoms with van der Waals surface area (Å²) in [4.78, 5) is 27.9. The van der Waals surface area contributed by atoms with Crippen LogP contribution in [-0.2, 0) is 9.53 Å². The number of nitrogens with zero attached hydrogens (tertiary/aromatic N) is 1. The van der Waals surface area contributed by atoms with Gasteiger partial charge in [0.1, 0.15) is 15.6 Å². The number of aromatic nitrogens is 1. The number of esters is 1. The van der Waals surface area contributed by atoms with Crippen LogP contribution in [0.2, 0.25) is 0 Å². The second-order valence-electron chi connectivity index (χ2n) is 5.36. The molecule has 25 heavy (non-hydrogen) atoms. The molecule has 1 amide bonds. The van der Waals surface area contributed by atoms with Crippen molar-refractivity contribution in [3.8, 4) is 16.3 Å². The zero-order valence-electron chi connectivity index (χ0n) is 14.6. The minimum atomic E-state index is -0.380. The molecule has 2 aromatic rings. The topological polar surface area (TPSA) is 77.5 Å². The number of aryl methyl sites for hydroxylation is 1. The molecule has 0 spiro atoms. The molecule has 0 aliphatic heterocycles. The SMILES string of the molecule is CCOc1ccc(-c2nc(C)c(C(=O)OCCCNC(C)=O)s2)cc1. The van der Waals surface area contributed by atoms with Crippen molar-refractivity contribution >= 4 is 23.2 Å². The van der Waals surface area contributed by atoms with Crippen LogP contribution in [0.25, 0.3) is 10.6 Å². The maximum Gasteiger partial charge on any atom is 0.350 e. The molecule has 0 saturated carbocycles. The van der Waals surface area contributed by atoms with E-state index in [1.807, 2.05) is 31.2 Å². The summed E-state index contributed by atoms with van der Waals surface area (Å²) in [7, 11) is 0. The van der Waals surface area contributed by atoms with Gasteiger partial charge in [0.05, 0.1) is 18.9 Å². The third kappa shape index (κ3) is 5.56. The van der Waals surface area contributed by atoms with Crippen LogP contribution in [-0.4, -0.2) is 36.6 Å². The highest BCUT2D eigenvalue weighted by Crippen LogP contribution is 2.29. The number of ether oxygens (including phenoxy) is 2. The Morgan fingerprint density at radius 3 is 2.60 bits per heavy atom. The minimum Gasteiger partial charge on any atom is -0.494 e. The van der Waals surface area contributed by atoms with Gasteiger partial charge in [0.15, 0.2) is 0 Å². The first-order valence-electron chi connectivity index (χ1n) is 8.13. The zero-order valence-corrected chi connectivity index (χ0v) is 15.4. The number of hydrogen-bond acceptors (Lipinski definition) is 6. The molecule has 0 unspecified atom stereocenters. The van der Waals surface area contributed by atoms with Gasteiger partial charge >= 0.3 is 5.97 Å². The van der Waals surface area contributed by atoms with Crippen LogP contribution >= 0.6 is 11.3 Å². The normalized spacial score (nSPS) is 10.4. The summed E-state index contributed by atoms with van der Waals surface area (Å²) < 4.78 is 10.7. The lowest BCUT2D eigenvalue weighted by molar-refractivity contribution is -0.118. The molecule has 1 aromatic carbocycles. The molecule has 6 nitrogen and oxygen atoms in total. The molecule has 0 radical (unpaired) electrons. The number of carbonyl (C=O) groups excluding carboxylic acids is 2. The van der Waals surface area contributed by atoms with Gasteiger partial charge in [-0.3, -0.25) is 4.79 Å². The highest BCUT2D eigenvalue weighted by Gasteiger charge is 2.17. The Balaban J connectivity index is 1.96. The molecule has 1 aromatic heterocycles. The van der Waals surface area contributed by atoms with Crippen LogP contribution in [0, 0.1) is 6.92 Å². The molecule has 1 heterocycles. The van der Waals surface area contributed by atoms with E-state index in [2.05, 4.69) is 10.3 Å². The molecule has 0 aliphatic rings. The standard InChI is InChI=1S/C18H22N2O4S/c1-4-23-15-8-6-14(7-9-15)17-20-12(2)16(25-17)18(22)24-11-5-10-19-13(3)21/h6-9H,4-5,10-11H2,1-3H3,(H,19,21). The summed E-state index contributed by atoms with van der Waals surface area (Å²) in [5.41, 5.74) is 1.59. The lowest BCUT2D eigenvalue weighted by atomic mass is 10.2. The summed E-state index contributed by atoms with van der Waals surface area (Å²) in [6.45, 7) is 6.55. The van der Waals surface area contributed by atoms with Crippen molar-refractivity contribution < 1.29 is 19.1 Å². The predicted octanol–water partition coefficient (Wildman–Crippen LogP) is 3.20. The fraction of sp³-hybridized carbons (Fsp3) is 0.389. The number of carbonyl (C=O) groups is 2. The summed E-state index contributed by atoms with van der Waals surface area (Å²) in [6, 6.07) is 7.61. The molecule has 1 N–H and O–H groups in total. The second-order valence-corrected chi connectivity index (χ2v) is 6.36. The maximum absolute atomic E-state index is 12.2. The van der Waals surface area contributed by atoms with Crippen LogP contribution in [0.15, 0.2) is 24.3 Å². The van der Waals surface area contributed by atoms with Gasteiger partial charge in [-0.15, -0.1) is 11.3 Å². The lowest BCUT2D eigenvalue weighted by Gasteiger charge is -2.04. The number of benzene rings is 1. The van der Waals surface area contributed by atoms with Crippen molar-refractivity contribution in [3.63, 3.8) is 0 Å². The highest BCUT2D eigenvalue weighted by atomic mass is 32.1. The average molecular weight is 362 g/mol. The van der Waals surface area contributed by atoms with Gasteiger partial charge in [-0.1, -0.05) is 0 Å². The fourth-order valence-corrected chi connectivity index (χ4v) is 3.10. The van der Waals surface area contributed by atoms with Crippen molar-refractivity contribution in [1.29, 1.82) is 0 Å². The lowest BCUT2D eigenvalue weighted by Crippen LogP contribution is -2.22. The van der Waals surface area contributed by atoms with Crippen LogP contribution in [0.1, 0.15) is 35.6 Å². The molecule has 2 rings (SSSR count). The summed E-state index contributed by atoms with van der Waals surface area (Å²) in [5, 5.41) is 3.43. The summed E-state index contributed by atoms with van der Waals surface area (Å²) >= 11 is 1.31. The van der Waals surface area contributed by atoms with E-state index in [0.717, 1.165) is 16.3 Å². The molecular formula is C18H22N2O4S. The summed E-state index contributed by atoms with van der Waals surface area (Å²) in [6.07, 6.45) is 0.578. The Hall–Kier alpha value is -2.41. The number of hydrogen-bond donors (Lipinski definition) is 1. The number of amides is 1.